The Morgan fingerprint density at radius 3 is 3.20 bits per heavy atom. The van der Waals surface area contributed by atoms with Crippen LogP contribution in [0.1, 0.15) is 0 Å². The maximum atomic E-state index is 3.91. The van der Waals surface area contributed by atoms with Gasteiger partial charge in [-0.05, 0) is 6.07 Å². The second-order valence-electron chi connectivity index (χ2n) is 1.74. The standard InChI is InChI=1S/C6H3N4/c1-2-5-6(7-3-1)8-4-9-10-5/h2-4H. The molecule has 10 heavy (non-hydrogen) atoms. The van der Waals surface area contributed by atoms with E-state index in [4.69, 9.17) is 0 Å². The molecule has 0 aliphatic carbocycles. The minimum Gasteiger partial charge on any atom is -0.235 e. The van der Waals surface area contributed by atoms with Gasteiger partial charge in [0.15, 0.2) is 5.65 Å². The third-order valence-corrected chi connectivity index (χ3v) is 1.11. The Morgan fingerprint density at radius 2 is 2.30 bits per heavy atom. The van der Waals surface area contributed by atoms with Gasteiger partial charge in [0.25, 0.3) is 0 Å². The summed E-state index contributed by atoms with van der Waals surface area (Å²) < 4.78 is 0. The van der Waals surface area contributed by atoms with E-state index in [2.05, 4.69) is 26.2 Å². The summed E-state index contributed by atoms with van der Waals surface area (Å²) in [5.74, 6) is 0. The van der Waals surface area contributed by atoms with Crippen LogP contribution in [0.4, 0.5) is 0 Å². The molecule has 2 aromatic rings. The fourth-order valence-corrected chi connectivity index (χ4v) is 0.687. The maximum absolute atomic E-state index is 3.91. The Hall–Kier alpha value is -1.58. The van der Waals surface area contributed by atoms with Crippen molar-refractivity contribution in [3.63, 3.8) is 0 Å². The molecule has 4 heteroatoms. The predicted molar refractivity (Wildman–Crippen MR) is 34.0 cm³/mol. The quantitative estimate of drug-likeness (QED) is 0.513. The van der Waals surface area contributed by atoms with Crippen LogP contribution in [0.5, 0.6) is 0 Å². The molecule has 0 atom stereocenters. The van der Waals surface area contributed by atoms with Crippen LogP contribution in [0.15, 0.2) is 18.6 Å². The largest absolute Gasteiger partial charge is 0.235 e. The lowest BCUT2D eigenvalue weighted by Gasteiger charge is -1.88. The van der Waals surface area contributed by atoms with Crippen molar-refractivity contribution < 1.29 is 0 Å². The molecule has 0 N–H and O–H groups in total. The highest BCUT2D eigenvalue weighted by Gasteiger charge is 1.91. The van der Waals surface area contributed by atoms with Gasteiger partial charge >= 0.3 is 0 Å². The van der Waals surface area contributed by atoms with Crippen molar-refractivity contribution in [3.05, 3.63) is 24.7 Å². The Morgan fingerprint density at radius 1 is 1.30 bits per heavy atom. The molecule has 0 fully saturated rings. The van der Waals surface area contributed by atoms with Gasteiger partial charge < -0.3 is 0 Å². The van der Waals surface area contributed by atoms with E-state index >= 15 is 0 Å². The second-order valence-corrected chi connectivity index (χ2v) is 1.74. The van der Waals surface area contributed by atoms with Crippen molar-refractivity contribution in [1.29, 1.82) is 0 Å². The van der Waals surface area contributed by atoms with Crippen LogP contribution in [-0.2, 0) is 0 Å². The van der Waals surface area contributed by atoms with Crippen LogP contribution in [0.3, 0.4) is 0 Å². The van der Waals surface area contributed by atoms with E-state index in [9.17, 15) is 0 Å². The van der Waals surface area contributed by atoms with Crippen LogP contribution in [0, 0.1) is 6.07 Å². The Kier molecular flexibility index (Phi) is 1.04. The van der Waals surface area contributed by atoms with Gasteiger partial charge in [-0.15, -0.1) is 10.2 Å². The van der Waals surface area contributed by atoms with E-state index < -0.39 is 0 Å². The molecule has 0 aliphatic rings. The molecule has 0 aromatic carbocycles. The molecule has 0 amide bonds. The van der Waals surface area contributed by atoms with Gasteiger partial charge in [-0.1, -0.05) is 0 Å². The molecular formula is C6H3N4. The minimum absolute atomic E-state index is 0.605. The summed E-state index contributed by atoms with van der Waals surface area (Å²) in [6.07, 6.45) is 2.92. The van der Waals surface area contributed by atoms with Gasteiger partial charge in [0.05, 0.1) is 0 Å². The molecule has 2 rings (SSSR count). The topological polar surface area (TPSA) is 51.6 Å². The van der Waals surface area contributed by atoms with Crippen LogP contribution in [0.25, 0.3) is 11.2 Å². The number of hydrogen-bond acceptors (Lipinski definition) is 4. The van der Waals surface area contributed by atoms with E-state index in [1.807, 2.05) is 0 Å². The van der Waals surface area contributed by atoms with Gasteiger partial charge in [0, 0.05) is 12.3 Å². The lowest BCUT2D eigenvalue weighted by molar-refractivity contribution is 1.01. The molecule has 2 aromatic heterocycles. The van der Waals surface area contributed by atoms with Crippen molar-refractivity contribution in [2.75, 3.05) is 0 Å². The van der Waals surface area contributed by atoms with Crippen molar-refractivity contribution in [2.24, 2.45) is 0 Å². The van der Waals surface area contributed by atoms with Crippen molar-refractivity contribution in [1.82, 2.24) is 20.2 Å². The third kappa shape index (κ3) is 0.699. The molecule has 0 saturated heterocycles. The minimum atomic E-state index is 0.605. The summed E-state index contributed by atoms with van der Waals surface area (Å²) in [5, 5.41) is 7.37. The predicted octanol–water partition coefficient (Wildman–Crippen LogP) is 0.220. The Balaban J connectivity index is 2.89. The third-order valence-electron chi connectivity index (χ3n) is 1.11. The van der Waals surface area contributed by atoms with E-state index in [-0.39, 0.29) is 0 Å². The number of aromatic nitrogens is 4. The zero-order chi connectivity index (χ0) is 6.81. The molecule has 0 bridgehead atoms. The number of pyridine rings is 1. The van der Waals surface area contributed by atoms with Crippen molar-refractivity contribution in [3.8, 4) is 0 Å². The van der Waals surface area contributed by atoms with Gasteiger partial charge in [-0.25, -0.2) is 9.97 Å². The average molecular weight is 131 g/mol. The zero-order valence-corrected chi connectivity index (χ0v) is 5.02. The van der Waals surface area contributed by atoms with E-state index in [1.165, 1.54) is 6.33 Å². The highest BCUT2D eigenvalue weighted by molar-refractivity contribution is 5.67. The average Bonchev–Trinajstić information content (AvgIpc) is 2.05. The monoisotopic (exact) mass is 131 g/mol. The summed E-state index contributed by atoms with van der Waals surface area (Å²) in [6, 6.07) is 4.48. The Labute approximate surface area is 57.0 Å². The molecular weight excluding hydrogens is 128 g/mol. The molecule has 0 saturated carbocycles. The first-order valence-corrected chi connectivity index (χ1v) is 2.76. The number of rotatable bonds is 0. The van der Waals surface area contributed by atoms with Crippen LogP contribution < -0.4 is 0 Å². The highest BCUT2D eigenvalue weighted by Crippen LogP contribution is 1.98. The Bertz CT molecular complexity index is 281. The first kappa shape index (κ1) is 5.22. The SMILES string of the molecule is [c]1cnc2ncnnc2c1. The van der Waals surface area contributed by atoms with Crippen LogP contribution in [-0.4, -0.2) is 20.2 Å². The zero-order valence-electron chi connectivity index (χ0n) is 5.02. The fraction of sp³-hybridized carbons (Fsp3) is 0. The molecule has 47 valence electrons. The van der Waals surface area contributed by atoms with Gasteiger partial charge in [0.2, 0.25) is 0 Å². The van der Waals surface area contributed by atoms with Gasteiger partial charge in [-0.3, -0.25) is 0 Å². The summed E-state index contributed by atoms with van der Waals surface area (Å²) in [7, 11) is 0. The molecule has 2 heterocycles. The first-order valence-electron chi connectivity index (χ1n) is 2.76. The smallest absolute Gasteiger partial charge is 0.181 e. The normalized spacial score (nSPS) is 10.0. The summed E-state index contributed by atoms with van der Waals surface area (Å²) in [6.45, 7) is 0. The maximum Gasteiger partial charge on any atom is 0.181 e. The first-order chi connectivity index (χ1) is 4.97. The second kappa shape index (κ2) is 1.98. The summed E-state index contributed by atoms with van der Waals surface area (Å²) in [5.41, 5.74) is 1.28. The lowest BCUT2D eigenvalue weighted by atomic mass is 10.4. The lowest BCUT2D eigenvalue weighted by Crippen LogP contribution is -1.87. The van der Waals surface area contributed by atoms with Crippen LogP contribution >= 0.6 is 0 Å². The highest BCUT2D eigenvalue weighted by atomic mass is 15.1. The van der Waals surface area contributed by atoms with Crippen LogP contribution in [0.2, 0.25) is 0 Å². The van der Waals surface area contributed by atoms with Gasteiger partial charge in [0.1, 0.15) is 11.8 Å². The summed E-state index contributed by atoms with van der Waals surface area (Å²) >= 11 is 0. The molecule has 4 nitrogen and oxygen atoms in total. The fourth-order valence-electron chi connectivity index (χ4n) is 0.687. The van der Waals surface area contributed by atoms with Gasteiger partial charge in [-0.2, -0.15) is 0 Å². The summed E-state index contributed by atoms with van der Waals surface area (Å²) in [4.78, 5) is 7.79. The van der Waals surface area contributed by atoms with E-state index in [0.717, 1.165) is 0 Å². The number of nitrogens with zero attached hydrogens (tertiary/aromatic N) is 4. The molecule has 0 aliphatic heterocycles. The van der Waals surface area contributed by atoms with Crippen molar-refractivity contribution in [2.45, 2.75) is 0 Å². The molecule has 0 spiro atoms. The molecule has 1 radical (unpaired) electrons. The van der Waals surface area contributed by atoms with Crippen molar-refractivity contribution >= 4 is 11.2 Å². The number of hydrogen-bond donors (Lipinski definition) is 0. The number of fused-ring (bicyclic) bond motifs is 1. The molecule has 0 unspecified atom stereocenters. The van der Waals surface area contributed by atoms with E-state index in [0.29, 0.717) is 11.2 Å². The van der Waals surface area contributed by atoms with E-state index in [1.54, 1.807) is 12.3 Å².